The molecule has 2 N–H and O–H groups in total. The Morgan fingerprint density at radius 2 is 1.67 bits per heavy atom. The highest BCUT2D eigenvalue weighted by atomic mass is 19.1. The van der Waals surface area contributed by atoms with Gasteiger partial charge in [0.05, 0.1) is 23.1 Å². The number of hydrogen-bond acceptors (Lipinski definition) is 7. The quantitative estimate of drug-likeness (QED) is 0.197. The van der Waals surface area contributed by atoms with E-state index >= 15 is 0 Å². The van der Waals surface area contributed by atoms with Gasteiger partial charge < -0.3 is 9.72 Å². The Balaban J connectivity index is 1.09. The van der Waals surface area contributed by atoms with E-state index in [0.29, 0.717) is 18.0 Å². The van der Waals surface area contributed by atoms with Crippen LogP contribution in [0.3, 0.4) is 0 Å². The summed E-state index contributed by atoms with van der Waals surface area (Å²) < 4.78 is 20.8. The third-order valence-electron chi connectivity index (χ3n) is 8.99. The van der Waals surface area contributed by atoms with Gasteiger partial charge in [-0.25, -0.2) is 9.37 Å². The molecular formula is C35H35FN8O. The second-order valence-corrected chi connectivity index (χ2v) is 12.1. The fourth-order valence-electron chi connectivity index (χ4n) is 6.70. The number of hydrogen-bond donors (Lipinski definition) is 2. The SMILES string of the molecule is Fc1cc(OCCN2CCCC2)cc(-c2ccnc3[nH]c(-c4n[nH]c5cnc(-c6cncc(CN7CCCC7)c6)cc45)cc23)c1. The maximum absolute atomic E-state index is 14.8. The zero-order valence-corrected chi connectivity index (χ0v) is 25.1. The van der Waals surface area contributed by atoms with E-state index in [1.165, 1.54) is 37.3 Å². The van der Waals surface area contributed by atoms with Gasteiger partial charge >= 0.3 is 0 Å². The standard InChI is InChI=1S/C35H35FN8O/c36-26-14-24(15-27(16-26)45-12-11-43-7-1-2-8-43)28-5-6-38-35-29(28)17-32(40-35)34-30-18-31(39-21-33(30)41-42-34)25-13-23(19-37-20-25)22-44-9-3-4-10-44/h5-6,13-21H,1-4,7-12,22H2,(H,38,40)(H,41,42). The molecule has 2 aliphatic rings. The summed E-state index contributed by atoms with van der Waals surface area (Å²) in [6.07, 6.45) is 12.4. The van der Waals surface area contributed by atoms with Crippen LogP contribution < -0.4 is 4.74 Å². The van der Waals surface area contributed by atoms with Crippen LogP contribution in [-0.2, 0) is 6.54 Å². The van der Waals surface area contributed by atoms with Crippen molar-refractivity contribution in [2.24, 2.45) is 0 Å². The summed E-state index contributed by atoms with van der Waals surface area (Å²) in [7, 11) is 0. The fourth-order valence-corrected chi connectivity index (χ4v) is 6.70. The molecule has 2 saturated heterocycles. The van der Waals surface area contributed by atoms with E-state index < -0.39 is 0 Å². The Bertz CT molecular complexity index is 1970. The summed E-state index contributed by atoms with van der Waals surface area (Å²) in [5, 5.41) is 9.60. The molecule has 1 aromatic carbocycles. The molecule has 0 radical (unpaired) electrons. The molecule has 0 aliphatic carbocycles. The van der Waals surface area contributed by atoms with Crippen molar-refractivity contribution in [2.45, 2.75) is 32.2 Å². The van der Waals surface area contributed by atoms with Gasteiger partial charge in [-0.05, 0) is 105 Å². The Morgan fingerprint density at radius 1 is 0.822 bits per heavy atom. The van der Waals surface area contributed by atoms with Crippen LogP contribution in [0.1, 0.15) is 31.2 Å². The van der Waals surface area contributed by atoms with Crippen molar-refractivity contribution >= 4 is 21.9 Å². The number of benzene rings is 1. The molecule has 0 atom stereocenters. The van der Waals surface area contributed by atoms with Crippen LogP contribution in [0.2, 0.25) is 0 Å². The third-order valence-corrected chi connectivity index (χ3v) is 8.99. The molecule has 5 aromatic heterocycles. The first kappa shape index (κ1) is 27.8. The van der Waals surface area contributed by atoms with E-state index in [2.05, 4.69) is 47.1 Å². The average molecular weight is 603 g/mol. The van der Waals surface area contributed by atoms with E-state index in [4.69, 9.17) is 9.72 Å². The van der Waals surface area contributed by atoms with Crippen molar-refractivity contribution in [3.05, 3.63) is 78.6 Å². The first-order valence-corrected chi connectivity index (χ1v) is 15.8. The second-order valence-electron chi connectivity index (χ2n) is 12.1. The van der Waals surface area contributed by atoms with Gasteiger partial charge in [-0.2, -0.15) is 5.10 Å². The lowest BCUT2D eigenvalue weighted by molar-refractivity contribution is 0.237. The lowest BCUT2D eigenvalue weighted by atomic mass is 10.0. The van der Waals surface area contributed by atoms with Crippen molar-refractivity contribution in [1.29, 1.82) is 0 Å². The van der Waals surface area contributed by atoms with Crippen LogP contribution in [0.4, 0.5) is 4.39 Å². The van der Waals surface area contributed by atoms with E-state index in [1.54, 1.807) is 12.3 Å². The number of H-pyrrole nitrogens is 2. The van der Waals surface area contributed by atoms with Crippen LogP contribution >= 0.6 is 0 Å². The van der Waals surface area contributed by atoms with E-state index in [0.717, 1.165) is 89.3 Å². The van der Waals surface area contributed by atoms with Crippen LogP contribution in [0.15, 0.2) is 67.3 Å². The molecular weight excluding hydrogens is 567 g/mol. The van der Waals surface area contributed by atoms with Gasteiger partial charge in [0.15, 0.2) is 0 Å². The number of aromatic nitrogens is 6. The van der Waals surface area contributed by atoms with Gasteiger partial charge in [0, 0.05) is 54.1 Å². The third kappa shape index (κ3) is 5.79. The van der Waals surface area contributed by atoms with Gasteiger partial charge in [-0.15, -0.1) is 0 Å². The van der Waals surface area contributed by atoms with E-state index in [1.807, 2.05) is 36.8 Å². The average Bonchev–Trinajstić information content (AvgIpc) is 3.88. The summed E-state index contributed by atoms with van der Waals surface area (Å²) in [5.41, 5.74) is 7.74. The molecule has 0 bridgehead atoms. The first-order chi connectivity index (χ1) is 22.2. The number of nitrogens with zero attached hydrogens (tertiary/aromatic N) is 6. The Labute approximate surface area is 260 Å². The van der Waals surface area contributed by atoms with E-state index in [-0.39, 0.29) is 5.82 Å². The van der Waals surface area contributed by atoms with Crippen LogP contribution in [0.5, 0.6) is 5.75 Å². The van der Waals surface area contributed by atoms with Crippen molar-refractivity contribution in [3.8, 4) is 39.5 Å². The highest BCUT2D eigenvalue weighted by Gasteiger charge is 2.18. The molecule has 6 aromatic rings. The second kappa shape index (κ2) is 12.0. The zero-order chi connectivity index (χ0) is 30.2. The number of nitrogens with one attached hydrogen (secondary N) is 2. The number of likely N-dealkylation sites (tertiary alicyclic amines) is 2. The summed E-state index contributed by atoms with van der Waals surface area (Å²) in [5.74, 6) is 0.198. The zero-order valence-electron chi connectivity index (χ0n) is 25.1. The van der Waals surface area contributed by atoms with Crippen LogP contribution in [0, 0.1) is 5.82 Å². The number of pyridine rings is 3. The van der Waals surface area contributed by atoms with Crippen molar-refractivity contribution in [1.82, 2.24) is 39.9 Å². The van der Waals surface area contributed by atoms with Gasteiger partial charge in [-0.1, -0.05) is 0 Å². The highest BCUT2D eigenvalue weighted by molar-refractivity contribution is 6.00. The Kier molecular flexibility index (Phi) is 7.44. The number of ether oxygens (including phenoxy) is 1. The normalized spacial score (nSPS) is 15.9. The largest absolute Gasteiger partial charge is 0.492 e. The summed E-state index contributed by atoms with van der Waals surface area (Å²) in [4.78, 5) is 22.1. The predicted molar refractivity (Wildman–Crippen MR) is 173 cm³/mol. The van der Waals surface area contributed by atoms with Gasteiger partial charge in [0.25, 0.3) is 0 Å². The predicted octanol–water partition coefficient (Wildman–Crippen LogP) is 6.44. The smallest absolute Gasteiger partial charge is 0.138 e. The lowest BCUT2D eigenvalue weighted by Gasteiger charge is -2.15. The van der Waals surface area contributed by atoms with E-state index in [9.17, 15) is 4.39 Å². The number of aromatic amines is 2. The minimum atomic E-state index is -0.332. The molecule has 2 fully saturated rings. The minimum Gasteiger partial charge on any atom is -0.492 e. The Hall–Kier alpha value is -4.67. The summed E-state index contributed by atoms with van der Waals surface area (Å²) >= 11 is 0. The van der Waals surface area contributed by atoms with Gasteiger partial charge in [0.2, 0.25) is 0 Å². The molecule has 8 rings (SSSR count). The molecule has 2 aliphatic heterocycles. The minimum absolute atomic E-state index is 0.332. The fraction of sp³-hybridized carbons (Fsp3) is 0.314. The number of fused-ring (bicyclic) bond motifs is 2. The monoisotopic (exact) mass is 602 g/mol. The topological polar surface area (TPSA) is 98.8 Å². The summed E-state index contributed by atoms with van der Waals surface area (Å²) in [6.45, 7) is 6.78. The van der Waals surface area contributed by atoms with Crippen molar-refractivity contribution in [2.75, 3.05) is 39.3 Å². The van der Waals surface area contributed by atoms with Crippen molar-refractivity contribution in [3.63, 3.8) is 0 Å². The molecule has 7 heterocycles. The molecule has 0 spiro atoms. The van der Waals surface area contributed by atoms with Gasteiger partial charge in [0.1, 0.15) is 29.5 Å². The maximum Gasteiger partial charge on any atom is 0.138 e. The molecule has 10 heteroatoms. The van der Waals surface area contributed by atoms with Crippen LogP contribution in [0.25, 0.3) is 55.7 Å². The highest BCUT2D eigenvalue weighted by Crippen LogP contribution is 2.35. The molecule has 0 saturated carbocycles. The molecule has 0 amide bonds. The molecule has 9 nitrogen and oxygen atoms in total. The number of halogens is 1. The number of rotatable bonds is 9. The molecule has 0 unspecified atom stereocenters. The van der Waals surface area contributed by atoms with Crippen LogP contribution in [-0.4, -0.2) is 79.3 Å². The first-order valence-electron chi connectivity index (χ1n) is 15.8. The maximum atomic E-state index is 14.8. The van der Waals surface area contributed by atoms with Gasteiger partial charge in [-0.3, -0.25) is 24.9 Å². The molecule has 228 valence electrons. The van der Waals surface area contributed by atoms with Crippen molar-refractivity contribution < 1.29 is 9.13 Å². The summed E-state index contributed by atoms with van der Waals surface area (Å²) in [6, 6.07) is 13.1. The molecule has 45 heavy (non-hydrogen) atoms. The Morgan fingerprint density at radius 3 is 2.53 bits per heavy atom. The lowest BCUT2D eigenvalue weighted by Crippen LogP contribution is -2.25.